The fourth-order valence-electron chi connectivity index (χ4n) is 2.04. The molecule has 0 atom stereocenters. The van der Waals surface area contributed by atoms with E-state index in [0.717, 1.165) is 23.0 Å². The first kappa shape index (κ1) is 12.8. The lowest BCUT2D eigenvalue weighted by Gasteiger charge is -2.10. The molecule has 0 aliphatic rings. The zero-order valence-electron chi connectivity index (χ0n) is 10.1. The molecule has 0 aliphatic carbocycles. The van der Waals surface area contributed by atoms with Gasteiger partial charge >= 0.3 is 0 Å². The van der Waals surface area contributed by atoms with Crippen LogP contribution in [0.4, 0.5) is 4.39 Å². The Balaban J connectivity index is 2.65. The minimum Gasteiger partial charge on any atom is -0.298 e. The first-order valence-corrected chi connectivity index (χ1v) is 5.93. The zero-order chi connectivity index (χ0) is 13.3. The Morgan fingerprint density at radius 2 is 1.78 bits per heavy atom. The van der Waals surface area contributed by atoms with Gasteiger partial charge in [0.25, 0.3) is 0 Å². The van der Waals surface area contributed by atoms with Crippen molar-refractivity contribution in [3.63, 3.8) is 0 Å². The van der Waals surface area contributed by atoms with E-state index in [4.69, 9.17) is 11.6 Å². The van der Waals surface area contributed by atoms with E-state index in [1.807, 2.05) is 13.8 Å². The van der Waals surface area contributed by atoms with E-state index in [9.17, 15) is 9.18 Å². The van der Waals surface area contributed by atoms with E-state index >= 15 is 0 Å². The average Bonchev–Trinajstić information content (AvgIpc) is 2.32. The molecule has 0 fully saturated rings. The molecular formula is C15H12ClFO. The van der Waals surface area contributed by atoms with Gasteiger partial charge in [-0.05, 0) is 36.6 Å². The minimum atomic E-state index is -0.434. The van der Waals surface area contributed by atoms with E-state index in [2.05, 4.69) is 0 Å². The third-order valence-corrected chi connectivity index (χ3v) is 3.27. The Bertz CT molecular complexity index is 597. The van der Waals surface area contributed by atoms with E-state index in [-0.39, 0.29) is 5.02 Å². The normalized spacial score (nSPS) is 10.4. The van der Waals surface area contributed by atoms with Crippen molar-refractivity contribution in [2.75, 3.05) is 0 Å². The Morgan fingerprint density at radius 1 is 1.17 bits per heavy atom. The van der Waals surface area contributed by atoms with Crippen molar-refractivity contribution in [1.82, 2.24) is 0 Å². The highest BCUT2D eigenvalue weighted by atomic mass is 35.5. The van der Waals surface area contributed by atoms with E-state index < -0.39 is 5.82 Å². The summed E-state index contributed by atoms with van der Waals surface area (Å²) in [5, 5.41) is 0.0993. The molecule has 0 aromatic heterocycles. The molecule has 0 radical (unpaired) electrons. The fourth-order valence-corrected chi connectivity index (χ4v) is 2.22. The van der Waals surface area contributed by atoms with Gasteiger partial charge in [0.2, 0.25) is 0 Å². The van der Waals surface area contributed by atoms with Gasteiger partial charge in [0.15, 0.2) is 6.29 Å². The van der Waals surface area contributed by atoms with Crippen LogP contribution >= 0.6 is 11.6 Å². The van der Waals surface area contributed by atoms with Gasteiger partial charge in [0, 0.05) is 11.1 Å². The van der Waals surface area contributed by atoms with Crippen molar-refractivity contribution in [2.45, 2.75) is 13.8 Å². The molecule has 0 aliphatic heterocycles. The molecule has 0 saturated carbocycles. The van der Waals surface area contributed by atoms with E-state index in [0.29, 0.717) is 11.1 Å². The second-order valence-corrected chi connectivity index (χ2v) is 4.65. The predicted molar refractivity (Wildman–Crippen MR) is 71.7 cm³/mol. The molecular weight excluding hydrogens is 251 g/mol. The van der Waals surface area contributed by atoms with E-state index in [1.54, 1.807) is 24.3 Å². The van der Waals surface area contributed by atoms with Crippen LogP contribution in [0.15, 0.2) is 30.3 Å². The molecule has 0 heterocycles. The summed E-state index contributed by atoms with van der Waals surface area (Å²) in [6.07, 6.45) is 0.822. The lowest BCUT2D eigenvalue weighted by atomic mass is 9.96. The van der Waals surface area contributed by atoms with Gasteiger partial charge in [-0.15, -0.1) is 0 Å². The Morgan fingerprint density at radius 3 is 2.33 bits per heavy atom. The van der Waals surface area contributed by atoms with Crippen LogP contribution in [0.5, 0.6) is 0 Å². The molecule has 2 rings (SSSR count). The third kappa shape index (κ3) is 2.16. The van der Waals surface area contributed by atoms with Crippen molar-refractivity contribution in [1.29, 1.82) is 0 Å². The molecule has 0 N–H and O–H groups in total. The number of aryl methyl sites for hydroxylation is 2. The average molecular weight is 263 g/mol. The molecule has 3 heteroatoms. The first-order chi connectivity index (χ1) is 8.54. The van der Waals surface area contributed by atoms with Gasteiger partial charge in [-0.1, -0.05) is 35.9 Å². The van der Waals surface area contributed by atoms with Crippen molar-refractivity contribution < 1.29 is 9.18 Å². The summed E-state index contributed by atoms with van der Waals surface area (Å²) in [5.41, 5.74) is 3.50. The molecule has 0 amide bonds. The van der Waals surface area contributed by atoms with Crippen LogP contribution in [0.2, 0.25) is 5.02 Å². The highest BCUT2D eigenvalue weighted by molar-refractivity contribution is 6.31. The Kier molecular flexibility index (Phi) is 3.48. The van der Waals surface area contributed by atoms with Crippen LogP contribution in [0.1, 0.15) is 21.5 Å². The lowest BCUT2D eigenvalue weighted by Crippen LogP contribution is -1.94. The monoisotopic (exact) mass is 262 g/mol. The van der Waals surface area contributed by atoms with Crippen LogP contribution in [-0.2, 0) is 0 Å². The molecule has 0 spiro atoms. The summed E-state index contributed by atoms with van der Waals surface area (Å²) in [6.45, 7) is 3.67. The van der Waals surface area contributed by atoms with Crippen LogP contribution in [0.3, 0.4) is 0 Å². The summed E-state index contributed by atoms with van der Waals surface area (Å²) >= 11 is 5.77. The highest BCUT2D eigenvalue weighted by Gasteiger charge is 2.11. The first-order valence-electron chi connectivity index (χ1n) is 5.55. The largest absolute Gasteiger partial charge is 0.298 e. The molecule has 92 valence electrons. The summed E-state index contributed by atoms with van der Waals surface area (Å²) in [5.74, 6) is -0.434. The van der Waals surface area contributed by atoms with Crippen molar-refractivity contribution in [3.05, 3.63) is 57.9 Å². The zero-order valence-corrected chi connectivity index (χ0v) is 10.9. The van der Waals surface area contributed by atoms with Gasteiger partial charge in [-0.2, -0.15) is 0 Å². The molecule has 0 saturated heterocycles. The minimum absolute atomic E-state index is 0.0993. The number of hydrogen-bond donors (Lipinski definition) is 0. The SMILES string of the molecule is Cc1cc(-c2cccc(Cl)c2F)cc(C)c1C=O. The van der Waals surface area contributed by atoms with Crippen LogP contribution in [-0.4, -0.2) is 6.29 Å². The summed E-state index contributed by atoms with van der Waals surface area (Å²) in [4.78, 5) is 10.9. The van der Waals surface area contributed by atoms with Gasteiger partial charge in [0.05, 0.1) is 5.02 Å². The quantitative estimate of drug-likeness (QED) is 0.724. The number of benzene rings is 2. The summed E-state index contributed by atoms with van der Waals surface area (Å²) in [6, 6.07) is 8.49. The second-order valence-electron chi connectivity index (χ2n) is 4.24. The number of rotatable bonds is 2. The molecule has 2 aromatic carbocycles. The maximum atomic E-state index is 13.9. The predicted octanol–water partition coefficient (Wildman–Crippen LogP) is 4.58. The second kappa shape index (κ2) is 4.91. The smallest absolute Gasteiger partial charge is 0.150 e. The van der Waals surface area contributed by atoms with Crippen LogP contribution < -0.4 is 0 Å². The number of hydrogen-bond acceptors (Lipinski definition) is 1. The summed E-state index contributed by atoms with van der Waals surface area (Å²) in [7, 11) is 0. The maximum absolute atomic E-state index is 13.9. The number of carbonyl (C=O) groups excluding carboxylic acids is 1. The Labute approximate surface area is 110 Å². The third-order valence-electron chi connectivity index (χ3n) is 2.97. The molecule has 18 heavy (non-hydrogen) atoms. The molecule has 0 bridgehead atoms. The standard InChI is InChI=1S/C15H12ClFO/c1-9-6-11(7-10(2)13(9)8-18)12-4-3-5-14(16)15(12)17/h3-8H,1-2H3. The fraction of sp³-hybridized carbons (Fsp3) is 0.133. The molecule has 2 aromatic rings. The topological polar surface area (TPSA) is 17.1 Å². The molecule has 0 unspecified atom stereocenters. The number of carbonyl (C=O) groups is 1. The highest BCUT2D eigenvalue weighted by Crippen LogP contribution is 2.29. The Hall–Kier alpha value is -1.67. The van der Waals surface area contributed by atoms with Gasteiger partial charge < -0.3 is 0 Å². The maximum Gasteiger partial charge on any atom is 0.150 e. The molecule has 1 nitrogen and oxygen atoms in total. The van der Waals surface area contributed by atoms with Crippen molar-refractivity contribution >= 4 is 17.9 Å². The number of halogens is 2. The summed E-state index contributed by atoms with van der Waals surface area (Å²) < 4.78 is 13.9. The van der Waals surface area contributed by atoms with Crippen LogP contribution in [0, 0.1) is 19.7 Å². The van der Waals surface area contributed by atoms with Crippen molar-refractivity contribution in [2.24, 2.45) is 0 Å². The lowest BCUT2D eigenvalue weighted by molar-refractivity contribution is 0.112. The van der Waals surface area contributed by atoms with E-state index in [1.165, 1.54) is 6.07 Å². The number of aldehydes is 1. The van der Waals surface area contributed by atoms with Gasteiger partial charge in [-0.3, -0.25) is 4.79 Å². The van der Waals surface area contributed by atoms with Gasteiger partial charge in [0.1, 0.15) is 5.82 Å². The van der Waals surface area contributed by atoms with Gasteiger partial charge in [-0.25, -0.2) is 4.39 Å². The van der Waals surface area contributed by atoms with Crippen molar-refractivity contribution in [3.8, 4) is 11.1 Å². The van der Waals surface area contributed by atoms with Crippen LogP contribution in [0.25, 0.3) is 11.1 Å².